The third-order valence-corrected chi connectivity index (χ3v) is 2.70. The summed E-state index contributed by atoms with van der Waals surface area (Å²) >= 11 is 0. The molecule has 0 radical (unpaired) electrons. The van der Waals surface area contributed by atoms with Crippen molar-refractivity contribution in [3.63, 3.8) is 0 Å². The number of benzene rings is 1. The van der Waals surface area contributed by atoms with Gasteiger partial charge >= 0.3 is 12.1 Å². The van der Waals surface area contributed by atoms with Gasteiger partial charge in [-0.2, -0.15) is 13.2 Å². The Balaban J connectivity index is 3.28. The summed E-state index contributed by atoms with van der Waals surface area (Å²) in [6.45, 7) is -0.112. The van der Waals surface area contributed by atoms with E-state index in [0.29, 0.717) is 6.07 Å². The Morgan fingerprint density at radius 1 is 1.35 bits per heavy atom. The van der Waals surface area contributed by atoms with Crippen LogP contribution in [0.4, 0.5) is 13.2 Å². The molecule has 0 saturated carbocycles. The van der Waals surface area contributed by atoms with Crippen molar-refractivity contribution in [1.29, 1.82) is 0 Å². The number of rotatable bonds is 5. The molecule has 0 aliphatic carbocycles. The first-order valence-electron chi connectivity index (χ1n) is 5.63. The second-order valence-corrected chi connectivity index (χ2v) is 4.17. The number of carboxylic acid groups (broad SMARTS) is 1. The van der Waals surface area contributed by atoms with Gasteiger partial charge in [0.25, 0.3) is 0 Å². The number of hydrogen-bond donors (Lipinski definition) is 4. The van der Waals surface area contributed by atoms with E-state index in [1.165, 1.54) is 7.05 Å². The SMILES string of the molecule is CNCC(O)C(O)c1ccc(C(=O)O)cc1C(F)(F)F. The average molecular weight is 293 g/mol. The monoisotopic (exact) mass is 293 g/mol. The topological polar surface area (TPSA) is 89.8 Å². The van der Waals surface area contributed by atoms with Crippen molar-refractivity contribution in [2.75, 3.05) is 13.6 Å². The highest BCUT2D eigenvalue weighted by Gasteiger charge is 2.37. The molecule has 1 rings (SSSR count). The third kappa shape index (κ3) is 3.69. The Bertz CT molecular complexity index is 490. The fraction of sp³-hybridized carbons (Fsp3) is 0.417. The summed E-state index contributed by atoms with van der Waals surface area (Å²) in [7, 11) is 1.47. The molecule has 1 aromatic carbocycles. The molecule has 0 heterocycles. The van der Waals surface area contributed by atoms with E-state index in [-0.39, 0.29) is 6.54 Å². The molecule has 0 bridgehead atoms. The van der Waals surface area contributed by atoms with Crippen LogP contribution in [0.5, 0.6) is 0 Å². The van der Waals surface area contributed by atoms with Crippen LogP contribution in [0.2, 0.25) is 0 Å². The Labute approximate surface area is 112 Å². The lowest BCUT2D eigenvalue weighted by atomic mass is 9.96. The van der Waals surface area contributed by atoms with Crippen molar-refractivity contribution in [2.45, 2.75) is 18.4 Å². The largest absolute Gasteiger partial charge is 0.478 e. The first kappa shape index (κ1) is 16.4. The lowest BCUT2D eigenvalue weighted by molar-refractivity contribution is -0.139. The van der Waals surface area contributed by atoms with Crippen LogP contribution in [-0.4, -0.2) is 41.0 Å². The molecule has 2 unspecified atom stereocenters. The van der Waals surface area contributed by atoms with Crippen LogP contribution in [0.3, 0.4) is 0 Å². The lowest BCUT2D eigenvalue weighted by Crippen LogP contribution is -2.31. The average Bonchev–Trinajstić information content (AvgIpc) is 2.36. The van der Waals surface area contributed by atoms with Crippen LogP contribution in [0, 0.1) is 0 Å². The molecule has 4 N–H and O–H groups in total. The maximum atomic E-state index is 12.9. The van der Waals surface area contributed by atoms with Crippen molar-refractivity contribution in [3.8, 4) is 0 Å². The van der Waals surface area contributed by atoms with Gasteiger partial charge in [-0.25, -0.2) is 4.79 Å². The smallest absolute Gasteiger partial charge is 0.416 e. The van der Waals surface area contributed by atoms with E-state index in [1.807, 2.05) is 0 Å². The molecule has 0 spiro atoms. The van der Waals surface area contributed by atoms with Gasteiger partial charge in [-0.3, -0.25) is 0 Å². The summed E-state index contributed by atoms with van der Waals surface area (Å²) in [5, 5.41) is 30.5. The highest BCUT2D eigenvalue weighted by molar-refractivity contribution is 5.88. The Morgan fingerprint density at radius 2 is 1.95 bits per heavy atom. The van der Waals surface area contributed by atoms with Crippen molar-refractivity contribution in [1.82, 2.24) is 5.32 Å². The molecule has 1 aromatic rings. The minimum atomic E-state index is -4.83. The number of carbonyl (C=O) groups is 1. The van der Waals surface area contributed by atoms with E-state index in [0.717, 1.165) is 12.1 Å². The molecular weight excluding hydrogens is 279 g/mol. The number of halogens is 3. The van der Waals surface area contributed by atoms with Crippen LogP contribution >= 0.6 is 0 Å². The number of aliphatic hydroxyl groups excluding tert-OH is 2. The standard InChI is InChI=1S/C12H14F3NO4/c1-16-5-9(17)10(18)7-3-2-6(11(19)20)4-8(7)12(13,14)15/h2-4,9-10,16-18H,5H2,1H3,(H,19,20). The summed E-state index contributed by atoms with van der Waals surface area (Å²) in [6, 6.07) is 2.24. The van der Waals surface area contributed by atoms with Gasteiger partial charge in [-0.15, -0.1) is 0 Å². The van der Waals surface area contributed by atoms with Crippen molar-refractivity contribution in [3.05, 3.63) is 34.9 Å². The fourth-order valence-corrected chi connectivity index (χ4v) is 1.72. The number of aromatic carboxylic acids is 1. The molecule has 0 fully saturated rings. The lowest BCUT2D eigenvalue weighted by Gasteiger charge is -2.22. The van der Waals surface area contributed by atoms with E-state index in [9.17, 15) is 28.2 Å². The third-order valence-electron chi connectivity index (χ3n) is 2.70. The van der Waals surface area contributed by atoms with Crippen LogP contribution < -0.4 is 5.32 Å². The summed E-state index contributed by atoms with van der Waals surface area (Å²) in [5.74, 6) is -1.51. The van der Waals surface area contributed by atoms with E-state index in [2.05, 4.69) is 5.32 Å². The molecule has 0 aliphatic rings. The number of carboxylic acids is 1. The number of aliphatic hydroxyl groups is 2. The van der Waals surface area contributed by atoms with Gasteiger partial charge in [0.1, 0.15) is 6.10 Å². The summed E-state index contributed by atoms with van der Waals surface area (Å²) in [6.07, 6.45) is -8.06. The van der Waals surface area contributed by atoms with Gasteiger partial charge in [-0.1, -0.05) is 6.07 Å². The van der Waals surface area contributed by atoms with Gasteiger partial charge in [0.2, 0.25) is 0 Å². The summed E-state index contributed by atoms with van der Waals surface area (Å²) in [4.78, 5) is 10.7. The molecule has 0 aliphatic heterocycles. The van der Waals surface area contributed by atoms with Crippen LogP contribution in [0.15, 0.2) is 18.2 Å². The van der Waals surface area contributed by atoms with Gasteiger partial charge in [0.05, 0.1) is 17.2 Å². The first-order chi connectivity index (χ1) is 9.18. The predicted octanol–water partition coefficient (Wildman–Crippen LogP) is 1.02. The number of likely N-dealkylation sites (N-methyl/N-ethyl adjacent to an activating group) is 1. The normalized spacial score (nSPS) is 14.9. The summed E-state index contributed by atoms with van der Waals surface area (Å²) in [5.41, 5.74) is -2.39. The molecule has 0 aromatic heterocycles. The second kappa shape index (κ2) is 6.21. The molecule has 5 nitrogen and oxygen atoms in total. The molecule has 0 saturated heterocycles. The molecule has 2 atom stereocenters. The number of nitrogens with one attached hydrogen (secondary N) is 1. The molecule has 20 heavy (non-hydrogen) atoms. The minimum Gasteiger partial charge on any atom is -0.478 e. The first-order valence-corrected chi connectivity index (χ1v) is 5.63. The molecular formula is C12H14F3NO4. The maximum absolute atomic E-state index is 12.9. The van der Waals surface area contributed by atoms with Crippen molar-refractivity contribution >= 4 is 5.97 Å². The van der Waals surface area contributed by atoms with Gasteiger partial charge in [0, 0.05) is 6.54 Å². The predicted molar refractivity (Wildman–Crippen MR) is 63.3 cm³/mol. The van der Waals surface area contributed by atoms with Crippen molar-refractivity contribution < 1.29 is 33.3 Å². The maximum Gasteiger partial charge on any atom is 0.416 e. The minimum absolute atomic E-state index is 0.112. The number of hydrogen-bond acceptors (Lipinski definition) is 4. The van der Waals surface area contributed by atoms with E-state index >= 15 is 0 Å². The van der Waals surface area contributed by atoms with Gasteiger partial charge in [-0.05, 0) is 24.7 Å². The second-order valence-electron chi connectivity index (χ2n) is 4.17. The quantitative estimate of drug-likeness (QED) is 0.651. The Morgan fingerprint density at radius 3 is 2.40 bits per heavy atom. The van der Waals surface area contributed by atoms with E-state index < -0.39 is 41.0 Å². The highest BCUT2D eigenvalue weighted by Crippen LogP contribution is 2.36. The number of alkyl halides is 3. The highest BCUT2D eigenvalue weighted by atomic mass is 19.4. The zero-order valence-electron chi connectivity index (χ0n) is 10.5. The van der Waals surface area contributed by atoms with Crippen LogP contribution in [0.25, 0.3) is 0 Å². The van der Waals surface area contributed by atoms with E-state index in [4.69, 9.17) is 5.11 Å². The molecule has 112 valence electrons. The van der Waals surface area contributed by atoms with E-state index in [1.54, 1.807) is 0 Å². The molecule has 0 amide bonds. The Kier molecular flexibility index (Phi) is 5.09. The van der Waals surface area contributed by atoms with Crippen LogP contribution in [0.1, 0.15) is 27.6 Å². The Hall–Kier alpha value is -1.64. The summed E-state index contributed by atoms with van der Waals surface area (Å²) < 4.78 is 38.7. The van der Waals surface area contributed by atoms with Gasteiger partial charge < -0.3 is 20.6 Å². The van der Waals surface area contributed by atoms with Crippen LogP contribution in [-0.2, 0) is 6.18 Å². The zero-order chi connectivity index (χ0) is 15.5. The molecule has 8 heteroatoms. The zero-order valence-corrected chi connectivity index (χ0v) is 10.5. The fourth-order valence-electron chi connectivity index (χ4n) is 1.72. The van der Waals surface area contributed by atoms with Gasteiger partial charge in [0.15, 0.2) is 0 Å². The van der Waals surface area contributed by atoms with Crippen molar-refractivity contribution in [2.24, 2.45) is 0 Å².